The van der Waals surface area contributed by atoms with Crippen LogP contribution in [0.15, 0.2) is 22.7 Å². The fourth-order valence-corrected chi connectivity index (χ4v) is 1.82. The molecule has 0 heterocycles. The van der Waals surface area contributed by atoms with Crippen molar-refractivity contribution in [3.05, 3.63) is 28.2 Å². The molecule has 0 fully saturated rings. The maximum Gasteiger partial charge on any atom is 0.133 e. The molecule has 0 aliphatic rings. The first-order valence-electron chi connectivity index (χ1n) is 4.39. The molecule has 1 atom stereocenters. The first-order valence-corrected chi connectivity index (χ1v) is 5.18. The molecule has 0 spiro atoms. The Morgan fingerprint density at radius 2 is 2.29 bits per heavy atom. The minimum atomic E-state index is 0.0512. The second kappa shape index (κ2) is 5.02. The lowest BCUT2D eigenvalue weighted by atomic mass is 10.0. The Kier molecular flexibility index (Phi) is 3.97. The molecule has 0 aromatic heterocycles. The van der Waals surface area contributed by atoms with Gasteiger partial charge in [-0.1, -0.05) is 6.07 Å². The highest BCUT2D eigenvalue weighted by Gasteiger charge is 2.04. The molecule has 14 heavy (non-hydrogen) atoms. The molecule has 0 aliphatic carbocycles. The number of halogens is 1. The van der Waals surface area contributed by atoms with Gasteiger partial charge >= 0.3 is 0 Å². The van der Waals surface area contributed by atoms with E-state index in [4.69, 9.17) is 10.00 Å². The number of benzene rings is 1. The summed E-state index contributed by atoms with van der Waals surface area (Å²) in [4.78, 5) is 0. The standard InChI is InChI=1S/C11H12BrNO/c1-8(7-13)5-9-3-4-11(14-2)10(12)6-9/h3-4,6,8H,5H2,1-2H3. The topological polar surface area (TPSA) is 33.0 Å². The Balaban J connectivity index is 2.82. The molecule has 0 radical (unpaired) electrons. The summed E-state index contributed by atoms with van der Waals surface area (Å²) in [7, 11) is 1.64. The SMILES string of the molecule is COc1ccc(CC(C)C#N)cc1Br. The van der Waals surface area contributed by atoms with Gasteiger partial charge in [0.2, 0.25) is 0 Å². The van der Waals surface area contributed by atoms with Crippen LogP contribution in [0.5, 0.6) is 5.75 Å². The van der Waals surface area contributed by atoms with Crippen molar-refractivity contribution < 1.29 is 4.74 Å². The molecular formula is C11H12BrNO. The molecule has 0 amide bonds. The highest BCUT2D eigenvalue weighted by atomic mass is 79.9. The maximum absolute atomic E-state index is 8.68. The molecule has 1 rings (SSSR count). The van der Waals surface area contributed by atoms with Gasteiger partial charge in [0.05, 0.1) is 17.7 Å². The predicted molar refractivity (Wildman–Crippen MR) is 59.2 cm³/mol. The van der Waals surface area contributed by atoms with Crippen LogP contribution < -0.4 is 4.74 Å². The van der Waals surface area contributed by atoms with Gasteiger partial charge in [0.1, 0.15) is 5.75 Å². The quantitative estimate of drug-likeness (QED) is 0.830. The summed E-state index contributed by atoms with van der Waals surface area (Å²) in [5.74, 6) is 0.869. The lowest BCUT2D eigenvalue weighted by molar-refractivity contribution is 0.412. The lowest BCUT2D eigenvalue weighted by Crippen LogP contribution is -1.96. The fourth-order valence-electron chi connectivity index (χ4n) is 1.24. The largest absolute Gasteiger partial charge is 0.496 e. The van der Waals surface area contributed by atoms with Crippen molar-refractivity contribution in [3.63, 3.8) is 0 Å². The molecular weight excluding hydrogens is 242 g/mol. The van der Waals surface area contributed by atoms with Crippen molar-refractivity contribution in [1.82, 2.24) is 0 Å². The van der Waals surface area contributed by atoms with Crippen molar-refractivity contribution in [1.29, 1.82) is 5.26 Å². The second-order valence-electron chi connectivity index (χ2n) is 3.20. The molecule has 0 saturated carbocycles. The molecule has 0 aliphatic heterocycles. The zero-order valence-electron chi connectivity index (χ0n) is 8.25. The number of hydrogen-bond donors (Lipinski definition) is 0. The normalized spacial score (nSPS) is 11.9. The van der Waals surface area contributed by atoms with Gasteiger partial charge in [0.15, 0.2) is 0 Å². The molecule has 3 heteroatoms. The van der Waals surface area contributed by atoms with Gasteiger partial charge < -0.3 is 4.74 Å². The summed E-state index contributed by atoms with van der Waals surface area (Å²) in [5, 5.41) is 8.68. The lowest BCUT2D eigenvalue weighted by Gasteiger charge is -2.06. The van der Waals surface area contributed by atoms with E-state index < -0.39 is 0 Å². The summed E-state index contributed by atoms with van der Waals surface area (Å²) in [6.07, 6.45) is 0.777. The molecule has 0 bridgehead atoms. The van der Waals surface area contributed by atoms with Crippen LogP contribution in [0.4, 0.5) is 0 Å². The van der Waals surface area contributed by atoms with Crippen LogP contribution in [0.25, 0.3) is 0 Å². The van der Waals surface area contributed by atoms with E-state index in [1.54, 1.807) is 7.11 Å². The summed E-state index contributed by atoms with van der Waals surface area (Å²) in [5.41, 5.74) is 1.15. The summed E-state index contributed by atoms with van der Waals surface area (Å²) in [6, 6.07) is 8.10. The number of rotatable bonds is 3. The van der Waals surface area contributed by atoms with Crippen LogP contribution in [-0.4, -0.2) is 7.11 Å². The van der Waals surface area contributed by atoms with Gasteiger partial charge in [-0.3, -0.25) is 0 Å². The van der Waals surface area contributed by atoms with Gasteiger partial charge in [-0.25, -0.2) is 0 Å². The van der Waals surface area contributed by atoms with Crippen LogP contribution in [-0.2, 0) is 6.42 Å². The van der Waals surface area contributed by atoms with E-state index in [2.05, 4.69) is 22.0 Å². The average Bonchev–Trinajstić information content (AvgIpc) is 2.18. The molecule has 2 nitrogen and oxygen atoms in total. The zero-order valence-corrected chi connectivity index (χ0v) is 9.84. The first-order chi connectivity index (χ1) is 6.67. The second-order valence-corrected chi connectivity index (χ2v) is 4.06. The van der Waals surface area contributed by atoms with Gasteiger partial charge in [-0.05, 0) is 47.0 Å². The smallest absolute Gasteiger partial charge is 0.133 e. The monoisotopic (exact) mass is 253 g/mol. The first kappa shape index (κ1) is 11.1. The minimum Gasteiger partial charge on any atom is -0.496 e. The highest BCUT2D eigenvalue weighted by Crippen LogP contribution is 2.26. The summed E-state index contributed by atoms with van der Waals surface area (Å²) in [6.45, 7) is 1.91. The van der Waals surface area contributed by atoms with Crippen molar-refractivity contribution in [2.75, 3.05) is 7.11 Å². The van der Waals surface area contributed by atoms with E-state index in [1.165, 1.54) is 0 Å². The van der Waals surface area contributed by atoms with Gasteiger partial charge in [0.25, 0.3) is 0 Å². The zero-order chi connectivity index (χ0) is 10.6. The molecule has 0 N–H and O–H groups in total. The van der Waals surface area contributed by atoms with Gasteiger partial charge in [-0.15, -0.1) is 0 Å². The summed E-state index contributed by atoms with van der Waals surface area (Å²) >= 11 is 3.41. The van der Waals surface area contributed by atoms with Gasteiger partial charge in [0, 0.05) is 5.92 Å². The Bertz CT molecular complexity index is 357. The van der Waals surface area contributed by atoms with E-state index in [0.29, 0.717) is 0 Å². The third kappa shape index (κ3) is 2.74. The van der Waals surface area contributed by atoms with Crippen molar-refractivity contribution in [3.8, 4) is 11.8 Å². The predicted octanol–water partition coefficient (Wildman–Crippen LogP) is 3.16. The number of nitriles is 1. The molecule has 1 unspecified atom stereocenters. The van der Waals surface area contributed by atoms with E-state index in [0.717, 1.165) is 22.2 Å². The number of hydrogen-bond acceptors (Lipinski definition) is 2. The Morgan fingerprint density at radius 3 is 2.79 bits per heavy atom. The van der Waals surface area contributed by atoms with Crippen molar-refractivity contribution in [2.45, 2.75) is 13.3 Å². The highest BCUT2D eigenvalue weighted by molar-refractivity contribution is 9.10. The van der Waals surface area contributed by atoms with Gasteiger partial charge in [-0.2, -0.15) is 5.26 Å². The Morgan fingerprint density at radius 1 is 1.57 bits per heavy atom. The van der Waals surface area contributed by atoms with E-state index >= 15 is 0 Å². The maximum atomic E-state index is 8.68. The number of nitrogens with zero attached hydrogens (tertiary/aromatic N) is 1. The molecule has 1 aromatic carbocycles. The van der Waals surface area contributed by atoms with Crippen LogP contribution in [0.2, 0.25) is 0 Å². The summed E-state index contributed by atoms with van der Waals surface area (Å²) < 4.78 is 6.05. The van der Waals surface area contributed by atoms with Crippen molar-refractivity contribution >= 4 is 15.9 Å². The Labute approximate surface area is 92.6 Å². The molecule has 1 aromatic rings. The Hall–Kier alpha value is -1.01. The van der Waals surface area contributed by atoms with Crippen molar-refractivity contribution in [2.24, 2.45) is 5.92 Å². The van der Waals surface area contributed by atoms with Crippen LogP contribution in [0, 0.1) is 17.2 Å². The third-order valence-electron chi connectivity index (χ3n) is 1.98. The van der Waals surface area contributed by atoms with Crippen LogP contribution in [0.3, 0.4) is 0 Å². The molecule has 74 valence electrons. The van der Waals surface area contributed by atoms with E-state index in [1.807, 2.05) is 25.1 Å². The fraction of sp³-hybridized carbons (Fsp3) is 0.364. The third-order valence-corrected chi connectivity index (χ3v) is 2.60. The van der Waals surface area contributed by atoms with E-state index in [9.17, 15) is 0 Å². The number of ether oxygens (including phenoxy) is 1. The van der Waals surface area contributed by atoms with E-state index in [-0.39, 0.29) is 5.92 Å². The average molecular weight is 254 g/mol. The van der Waals surface area contributed by atoms with Crippen LogP contribution >= 0.6 is 15.9 Å². The number of methoxy groups -OCH3 is 1. The minimum absolute atomic E-state index is 0.0512. The molecule has 0 saturated heterocycles. The van der Waals surface area contributed by atoms with Crippen LogP contribution in [0.1, 0.15) is 12.5 Å².